The van der Waals surface area contributed by atoms with Crippen molar-refractivity contribution < 1.29 is 14.3 Å². The average molecular weight is 299 g/mol. The lowest BCUT2D eigenvalue weighted by Gasteiger charge is -2.09. The van der Waals surface area contributed by atoms with Crippen molar-refractivity contribution in [3.05, 3.63) is 65.2 Å². The molecule has 6 heteroatoms. The van der Waals surface area contributed by atoms with Crippen molar-refractivity contribution in [1.82, 2.24) is 9.55 Å². The van der Waals surface area contributed by atoms with Gasteiger partial charge in [-0.3, -0.25) is 0 Å². The first-order chi connectivity index (χ1) is 10.6. The Morgan fingerprint density at radius 1 is 1.27 bits per heavy atom. The highest BCUT2D eigenvalue weighted by molar-refractivity contribution is 5.87. The zero-order valence-electron chi connectivity index (χ0n) is 11.7. The number of imidazole rings is 1. The highest BCUT2D eigenvalue weighted by Gasteiger charge is 2.11. The van der Waals surface area contributed by atoms with Crippen LogP contribution in [-0.2, 0) is 13.1 Å². The molecule has 0 saturated carbocycles. The van der Waals surface area contributed by atoms with Crippen LogP contribution in [0.4, 0.5) is 4.39 Å². The van der Waals surface area contributed by atoms with Crippen molar-refractivity contribution in [2.24, 2.45) is 5.73 Å². The van der Waals surface area contributed by atoms with E-state index in [0.29, 0.717) is 17.9 Å². The van der Waals surface area contributed by atoms with E-state index in [-0.39, 0.29) is 17.9 Å². The Morgan fingerprint density at radius 2 is 2.09 bits per heavy atom. The molecule has 0 fully saturated rings. The molecule has 0 unspecified atom stereocenters. The van der Waals surface area contributed by atoms with Crippen molar-refractivity contribution in [3.63, 3.8) is 0 Å². The fourth-order valence-corrected chi connectivity index (χ4v) is 2.47. The van der Waals surface area contributed by atoms with Crippen molar-refractivity contribution in [2.75, 3.05) is 0 Å². The summed E-state index contributed by atoms with van der Waals surface area (Å²) in [5, 5.41) is 9.06. The van der Waals surface area contributed by atoms with E-state index in [1.54, 1.807) is 18.2 Å². The molecular weight excluding hydrogens is 285 g/mol. The van der Waals surface area contributed by atoms with E-state index in [0.717, 1.165) is 11.1 Å². The number of hydrogen-bond donors (Lipinski definition) is 2. The van der Waals surface area contributed by atoms with Crippen LogP contribution >= 0.6 is 0 Å². The van der Waals surface area contributed by atoms with Gasteiger partial charge in [0.05, 0.1) is 23.1 Å². The zero-order valence-corrected chi connectivity index (χ0v) is 11.7. The summed E-state index contributed by atoms with van der Waals surface area (Å²) in [4.78, 5) is 15.4. The minimum absolute atomic E-state index is 0.217. The van der Waals surface area contributed by atoms with Gasteiger partial charge in [0, 0.05) is 12.6 Å². The fraction of sp³-hybridized carbons (Fsp3) is 0.125. The summed E-state index contributed by atoms with van der Waals surface area (Å²) in [5.41, 5.74) is 8.06. The Kier molecular flexibility index (Phi) is 3.60. The molecule has 0 amide bonds. The number of carbonyl (C=O) groups is 1. The maximum atomic E-state index is 13.3. The van der Waals surface area contributed by atoms with Crippen LogP contribution in [-0.4, -0.2) is 20.6 Å². The third kappa shape index (κ3) is 2.56. The first kappa shape index (κ1) is 14.2. The maximum Gasteiger partial charge on any atom is 0.335 e. The van der Waals surface area contributed by atoms with Gasteiger partial charge >= 0.3 is 5.97 Å². The summed E-state index contributed by atoms with van der Waals surface area (Å²) in [6, 6.07) is 11.1. The van der Waals surface area contributed by atoms with Crippen LogP contribution in [0.5, 0.6) is 0 Å². The highest BCUT2D eigenvalue weighted by Crippen LogP contribution is 2.19. The number of aromatic carboxylic acids is 1. The van der Waals surface area contributed by atoms with E-state index >= 15 is 0 Å². The Labute approximate surface area is 125 Å². The van der Waals surface area contributed by atoms with Crippen LogP contribution in [0, 0.1) is 5.82 Å². The molecule has 0 aliphatic carbocycles. The monoisotopic (exact) mass is 299 g/mol. The summed E-state index contributed by atoms with van der Waals surface area (Å²) in [5.74, 6) is -0.701. The topological polar surface area (TPSA) is 81.1 Å². The lowest BCUT2D eigenvalue weighted by Crippen LogP contribution is -2.10. The quantitative estimate of drug-likeness (QED) is 0.775. The van der Waals surface area contributed by atoms with E-state index in [1.807, 2.05) is 10.6 Å². The van der Waals surface area contributed by atoms with Crippen LogP contribution in [0.25, 0.3) is 11.0 Å². The van der Waals surface area contributed by atoms with Gasteiger partial charge in [0.1, 0.15) is 11.6 Å². The standard InChI is InChI=1S/C16H14FN3O2/c17-12-4-5-14-13(7-12)19-15(8-18)20(14)9-10-2-1-3-11(6-10)16(21)22/h1-7H,8-9,18H2,(H,21,22). The van der Waals surface area contributed by atoms with Crippen LogP contribution < -0.4 is 5.73 Å². The average Bonchev–Trinajstić information content (AvgIpc) is 2.84. The van der Waals surface area contributed by atoms with Gasteiger partial charge in [-0.15, -0.1) is 0 Å². The molecule has 2 aromatic carbocycles. The van der Waals surface area contributed by atoms with Crippen LogP contribution in [0.15, 0.2) is 42.5 Å². The molecular formula is C16H14FN3O2. The van der Waals surface area contributed by atoms with E-state index in [1.165, 1.54) is 18.2 Å². The lowest BCUT2D eigenvalue weighted by atomic mass is 10.1. The number of halogens is 1. The van der Waals surface area contributed by atoms with Crippen molar-refractivity contribution in [1.29, 1.82) is 0 Å². The molecule has 5 nitrogen and oxygen atoms in total. The number of nitrogens with zero attached hydrogens (tertiary/aromatic N) is 2. The second-order valence-electron chi connectivity index (χ2n) is 4.96. The molecule has 0 spiro atoms. The SMILES string of the molecule is NCc1nc2cc(F)ccc2n1Cc1cccc(C(=O)O)c1. The molecule has 112 valence electrons. The van der Waals surface area contributed by atoms with Crippen molar-refractivity contribution in [3.8, 4) is 0 Å². The van der Waals surface area contributed by atoms with E-state index in [9.17, 15) is 9.18 Å². The minimum Gasteiger partial charge on any atom is -0.478 e. The Balaban J connectivity index is 2.06. The van der Waals surface area contributed by atoms with Crippen molar-refractivity contribution in [2.45, 2.75) is 13.1 Å². The summed E-state index contributed by atoms with van der Waals surface area (Å²) in [6.45, 7) is 0.644. The van der Waals surface area contributed by atoms with Gasteiger partial charge in [-0.2, -0.15) is 0 Å². The molecule has 1 heterocycles. The van der Waals surface area contributed by atoms with Gasteiger partial charge in [-0.25, -0.2) is 14.2 Å². The molecule has 0 aliphatic rings. The van der Waals surface area contributed by atoms with Gasteiger partial charge in [-0.1, -0.05) is 12.1 Å². The molecule has 0 radical (unpaired) electrons. The van der Waals surface area contributed by atoms with E-state index in [4.69, 9.17) is 10.8 Å². The Hall–Kier alpha value is -2.73. The first-order valence-corrected chi connectivity index (χ1v) is 6.75. The van der Waals surface area contributed by atoms with Gasteiger partial charge in [-0.05, 0) is 29.8 Å². The zero-order chi connectivity index (χ0) is 15.7. The van der Waals surface area contributed by atoms with Crippen LogP contribution in [0.2, 0.25) is 0 Å². The van der Waals surface area contributed by atoms with Gasteiger partial charge < -0.3 is 15.4 Å². The first-order valence-electron chi connectivity index (χ1n) is 6.75. The van der Waals surface area contributed by atoms with E-state index in [2.05, 4.69) is 4.98 Å². The number of rotatable bonds is 4. The van der Waals surface area contributed by atoms with Gasteiger partial charge in [0.2, 0.25) is 0 Å². The second-order valence-corrected chi connectivity index (χ2v) is 4.96. The number of aromatic nitrogens is 2. The van der Waals surface area contributed by atoms with Gasteiger partial charge in [0.25, 0.3) is 0 Å². The Morgan fingerprint density at radius 3 is 2.82 bits per heavy atom. The molecule has 0 bridgehead atoms. The summed E-state index contributed by atoms with van der Waals surface area (Å²) in [6.07, 6.45) is 0. The molecule has 3 rings (SSSR count). The molecule has 0 atom stereocenters. The number of carboxylic acids is 1. The molecule has 22 heavy (non-hydrogen) atoms. The number of fused-ring (bicyclic) bond motifs is 1. The Bertz CT molecular complexity index is 858. The lowest BCUT2D eigenvalue weighted by molar-refractivity contribution is 0.0696. The van der Waals surface area contributed by atoms with E-state index < -0.39 is 5.97 Å². The number of nitrogens with two attached hydrogens (primary N) is 1. The minimum atomic E-state index is -0.974. The third-order valence-electron chi connectivity index (χ3n) is 3.49. The van der Waals surface area contributed by atoms with Gasteiger partial charge in [0.15, 0.2) is 0 Å². The molecule has 1 aromatic heterocycles. The summed E-state index contributed by atoms with van der Waals surface area (Å²) < 4.78 is 15.2. The maximum absolute atomic E-state index is 13.3. The second kappa shape index (κ2) is 5.57. The van der Waals surface area contributed by atoms with Crippen LogP contribution in [0.3, 0.4) is 0 Å². The van der Waals surface area contributed by atoms with Crippen molar-refractivity contribution >= 4 is 17.0 Å². The number of carboxylic acid groups (broad SMARTS) is 1. The van der Waals surface area contributed by atoms with Crippen LogP contribution in [0.1, 0.15) is 21.7 Å². The molecule has 3 N–H and O–H groups in total. The molecule has 0 saturated heterocycles. The highest BCUT2D eigenvalue weighted by atomic mass is 19.1. The predicted molar refractivity (Wildman–Crippen MR) is 80.1 cm³/mol. The molecule has 0 aliphatic heterocycles. The predicted octanol–water partition coefficient (Wildman–Crippen LogP) is 2.38. The number of hydrogen-bond acceptors (Lipinski definition) is 3. The fourth-order valence-electron chi connectivity index (χ4n) is 2.47. The smallest absolute Gasteiger partial charge is 0.335 e. The summed E-state index contributed by atoms with van der Waals surface area (Å²) in [7, 11) is 0. The summed E-state index contributed by atoms with van der Waals surface area (Å²) >= 11 is 0. The molecule has 3 aromatic rings. The normalized spacial score (nSPS) is 11.0. The third-order valence-corrected chi connectivity index (χ3v) is 3.49. The largest absolute Gasteiger partial charge is 0.478 e. The number of benzene rings is 2.